The highest BCUT2D eigenvalue weighted by Gasteiger charge is 2.22. The van der Waals surface area contributed by atoms with Crippen LogP contribution in [-0.4, -0.2) is 23.1 Å². The van der Waals surface area contributed by atoms with Gasteiger partial charge in [-0.2, -0.15) is 0 Å². The third kappa shape index (κ3) is 4.23. The first-order valence-electron chi connectivity index (χ1n) is 10.6. The van der Waals surface area contributed by atoms with Crippen molar-refractivity contribution in [2.24, 2.45) is 0 Å². The van der Waals surface area contributed by atoms with Crippen molar-refractivity contribution in [1.82, 2.24) is 4.98 Å². The average molecular weight is 401 g/mol. The van der Waals surface area contributed by atoms with E-state index in [1.807, 2.05) is 0 Å². The molecule has 4 heteroatoms. The second kappa shape index (κ2) is 8.70. The van der Waals surface area contributed by atoms with Crippen LogP contribution in [0.3, 0.4) is 0 Å². The Balaban J connectivity index is 1.53. The minimum Gasteiger partial charge on any atom is -0.478 e. The van der Waals surface area contributed by atoms with E-state index in [9.17, 15) is 9.90 Å². The molecular weight excluding hydrogens is 372 g/mol. The van der Waals surface area contributed by atoms with Gasteiger partial charge in [-0.25, -0.2) is 4.79 Å². The molecule has 3 aromatic rings. The SMILES string of the molecule is Cc1cccc(N(C)c2ccc3c(c2)CCC[C@H]3CCc2cnccc2C(=O)O)c1. The molecule has 0 saturated carbocycles. The van der Waals surface area contributed by atoms with Gasteiger partial charge in [-0.3, -0.25) is 4.98 Å². The van der Waals surface area contributed by atoms with Gasteiger partial charge in [-0.15, -0.1) is 0 Å². The second-order valence-electron chi connectivity index (χ2n) is 8.25. The van der Waals surface area contributed by atoms with Gasteiger partial charge in [0.25, 0.3) is 0 Å². The number of pyridine rings is 1. The number of carbonyl (C=O) groups is 1. The smallest absolute Gasteiger partial charge is 0.336 e. The van der Waals surface area contributed by atoms with Gasteiger partial charge >= 0.3 is 5.97 Å². The van der Waals surface area contributed by atoms with Crippen LogP contribution in [0.4, 0.5) is 11.4 Å². The third-order valence-corrected chi connectivity index (χ3v) is 6.24. The first-order valence-corrected chi connectivity index (χ1v) is 10.6. The molecule has 4 rings (SSSR count). The Morgan fingerprint density at radius 2 is 2.00 bits per heavy atom. The molecule has 1 aliphatic rings. The van der Waals surface area contributed by atoms with Crippen LogP contribution in [0, 0.1) is 6.92 Å². The number of hydrogen-bond donors (Lipinski definition) is 1. The van der Waals surface area contributed by atoms with E-state index in [1.165, 1.54) is 34.5 Å². The summed E-state index contributed by atoms with van der Waals surface area (Å²) in [6.45, 7) is 2.12. The van der Waals surface area contributed by atoms with Crippen molar-refractivity contribution in [1.29, 1.82) is 0 Å². The van der Waals surface area contributed by atoms with Crippen molar-refractivity contribution >= 4 is 17.3 Å². The Bertz CT molecular complexity index is 1060. The van der Waals surface area contributed by atoms with Crippen LogP contribution in [0.15, 0.2) is 60.9 Å². The lowest BCUT2D eigenvalue weighted by atomic mass is 9.79. The summed E-state index contributed by atoms with van der Waals surface area (Å²) in [4.78, 5) is 17.9. The second-order valence-corrected chi connectivity index (χ2v) is 8.25. The third-order valence-electron chi connectivity index (χ3n) is 6.24. The summed E-state index contributed by atoms with van der Waals surface area (Å²) >= 11 is 0. The molecule has 4 nitrogen and oxygen atoms in total. The number of aromatic nitrogens is 1. The predicted molar refractivity (Wildman–Crippen MR) is 121 cm³/mol. The van der Waals surface area contributed by atoms with Crippen LogP contribution >= 0.6 is 0 Å². The molecule has 154 valence electrons. The molecule has 0 saturated heterocycles. The molecule has 1 N–H and O–H groups in total. The van der Waals surface area contributed by atoms with Crippen molar-refractivity contribution < 1.29 is 9.90 Å². The van der Waals surface area contributed by atoms with Crippen LogP contribution in [0.1, 0.15) is 57.8 Å². The van der Waals surface area contributed by atoms with Crippen LogP contribution in [0.2, 0.25) is 0 Å². The fourth-order valence-electron chi connectivity index (χ4n) is 4.56. The molecule has 0 radical (unpaired) electrons. The number of benzene rings is 2. The maximum atomic E-state index is 11.5. The maximum Gasteiger partial charge on any atom is 0.336 e. The minimum absolute atomic E-state index is 0.371. The molecule has 0 unspecified atom stereocenters. The highest BCUT2D eigenvalue weighted by molar-refractivity contribution is 5.89. The number of carboxylic acid groups (broad SMARTS) is 1. The molecule has 0 aliphatic heterocycles. The van der Waals surface area contributed by atoms with Crippen LogP contribution in [-0.2, 0) is 12.8 Å². The van der Waals surface area contributed by atoms with Gasteiger partial charge in [-0.05, 0) is 97.5 Å². The molecule has 2 aromatic carbocycles. The van der Waals surface area contributed by atoms with Gasteiger partial charge in [0.15, 0.2) is 0 Å². The van der Waals surface area contributed by atoms with Crippen molar-refractivity contribution in [2.75, 3.05) is 11.9 Å². The zero-order chi connectivity index (χ0) is 21.1. The molecule has 0 spiro atoms. The van der Waals surface area contributed by atoms with E-state index >= 15 is 0 Å². The van der Waals surface area contributed by atoms with E-state index in [1.54, 1.807) is 18.5 Å². The van der Waals surface area contributed by atoms with Gasteiger partial charge in [-0.1, -0.05) is 18.2 Å². The Morgan fingerprint density at radius 3 is 2.80 bits per heavy atom. The first-order chi connectivity index (χ1) is 14.5. The van der Waals surface area contributed by atoms with E-state index in [0.717, 1.165) is 31.2 Å². The lowest BCUT2D eigenvalue weighted by Gasteiger charge is -2.28. The van der Waals surface area contributed by atoms with E-state index in [2.05, 4.69) is 66.3 Å². The van der Waals surface area contributed by atoms with Crippen molar-refractivity contribution in [3.05, 3.63) is 88.7 Å². The monoisotopic (exact) mass is 400 g/mol. The summed E-state index contributed by atoms with van der Waals surface area (Å²) < 4.78 is 0. The van der Waals surface area contributed by atoms with Gasteiger partial charge in [0.1, 0.15) is 0 Å². The van der Waals surface area contributed by atoms with Gasteiger partial charge in [0, 0.05) is 30.8 Å². The van der Waals surface area contributed by atoms with Gasteiger partial charge in [0.05, 0.1) is 5.56 Å². The number of fused-ring (bicyclic) bond motifs is 1. The van der Waals surface area contributed by atoms with Gasteiger partial charge < -0.3 is 10.0 Å². The zero-order valence-corrected chi connectivity index (χ0v) is 17.6. The molecule has 1 aliphatic carbocycles. The summed E-state index contributed by atoms with van der Waals surface area (Å²) in [7, 11) is 2.12. The standard InChI is InChI=1S/C26H28N2O2/c1-18-5-3-8-22(15-18)28(2)23-11-12-24-19(6-4-7-20(24)16-23)9-10-21-17-27-14-13-25(21)26(29)30/h3,5,8,11-17,19H,4,6-7,9-10H2,1-2H3,(H,29,30)/t19-/m0/s1. The summed E-state index contributed by atoms with van der Waals surface area (Å²) in [5, 5.41) is 9.42. The predicted octanol–water partition coefficient (Wildman–Crippen LogP) is 5.91. The number of rotatable bonds is 6. The van der Waals surface area contributed by atoms with Crippen LogP contribution in [0.5, 0.6) is 0 Å². The normalized spacial score (nSPS) is 15.5. The number of carboxylic acids is 1. The van der Waals surface area contributed by atoms with Crippen LogP contribution in [0.25, 0.3) is 0 Å². The van der Waals surface area contributed by atoms with Crippen molar-refractivity contribution in [3.63, 3.8) is 0 Å². The number of aryl methyl sites for hydroxylation is 3. The Hall–Kier alpha value is -3.14. The Labute approximate surface area is 178 Å². The van der Waals surface area contributed by atoms with E-state index < -0.39 is 5.97 Å². The first kappa shape index (κ1) is 20.1. The van der Waals surface area contributed by atoms with E-state index in [0.29, 0.717) is 11.5 Å². The summed E-state index contributed by atoms with van der Waals surface area (Å²) in [5.41, 5.74) is 7.70. The zero-order valence-electron chi connectivity index (χ0n) is 17.6. The maximum absolute atomic E-state index is 11.5. The van der Waals surface area contributed by atoms with Crippen molar-refractivity contribution in [3.8, 4) is 0 Å². The molecule has 0 bridgehead atoms. The number of nitrogens with zero attached hydrogens (tertiary/aromatic N) is 2. The number of anilines is 2. The average Bonchev–Trinajstić information content (AvgIpc) is 2.76. The summed E-state index contributed by atoms with van der Waals surface area (Å²) in [5.74, 6) is -0.408. The highest BCUT2D eigenvalue weighted by atomic mass is 16.4. The largest absolute Gasteiger partial charge is 0.478 e. The molecule has 1 heterocycles. The Morgan fingerprint density at radius 1 is 1.17 bits per heavy atom. The summed E-state index contributed by atoms with van der Waals surface area (Å²) in [6.07, 6.45) is 8.38. The van der Waals surface area contributed by atoms with E-state index in [-0.39, 0.29) is 0 Å². The van der Waals surface area contributed by atoms with Crippen LogP contribution < -0.4 is 4.90 Å². The summed E-state index contributed by atoms with van der Waals surface area (Å²) in [6, 6.07) is 17.0. The molecule has 0 amide bonds. The quantitative estimate of drug-likeness (QED) is 0.559. The fraction of sp³-hybridized carbons (Fsp3) is 0.308. The Kier molecular flexibility index (Phi) is 5.84. The molecule has 1 aromatic heterocycles. The minimum atomic E-state index is -0.875. The lowest BCUT2D eigenvalue weighted by molar-refractivity contribution is 0.0695. The topological polar surface area (TPSA) is 53.4 Å². The molecule has 1 atom stereocenters. The number of hydrogen-bond acceptors (Lipinski definition) is 3. The molecular formula is C26H28N2O2. The fourth-order valence-corrected chi connectivity index (χ4v) is 4.56. The molecule has 30 heavy (non-hydrogen) atoms. The van der Waals surface area contributed by atoms with E-state index in [4.69, 9.17) is 0 Å². The van der Waals surface area contributed by atoms with Gasteiger partial charge in [0.2, 0.25) is 0 Å². The number of aromatic carboxylic acids is 1. The highest BCUT2D eigenvalue weighted by Crippen LogP contribution is 2.37. The molecule has 0 fully saturated rings. The van der Waals surface area contributed by atoms with Crippen molar-refractivity contribution in [2.45, 2.75) is 44.9 Å². The lowest BCUT2D eigenvalue weighted by Crippen LogP contribution is -2.14.